The molecule has 0 unspecified atom stereocenters. The van der Waals surface area contributed by atoms with Crippen molar-refractivity contribution in [1.82, 2.24) is 9.62 Å². The SMILES string of the molecule is Cc1cc(S(=O)(=O)NCC(=O)N2CCCC2)sc1Br. The zero-order chi connectivity index (χ0) is 14.0. The van der Waals surface area contributed by atoms with Crippen molar-refractivity contribution in [1.29, 1.82) is 0 Å². The number of carbonyl (C=O) groups excluding carboxylic acids is 1. The highest BCUT2D eigenvalue weighted by molar-refractivity contribution is 9.11. The molecular formula is C11H15BrN2O3S2. The molecule has 0 spiro atoms. The van der Waals surface area contributed by atoms with Gasteiger partial charge in [-0.05, 0) is 47.3 Å². The van der Waals surface area contributed by atoms with Crippen LogP contribution in [0.4, 0.5) is 0 Å². The van der Waals surface area contributed by atoms with Gasteiger partial charge in [0.1, 0.15) is 4.21 Å². The number of amides is 1. The molecule has 0 saturated carbocycles. The minimum absolute atomic E-state index is 0.159. The summed E-state index contributed by atoms with van der Waals surface area (Å²) < 4.78 is 27.4. The second-order valence-corrected chi connectivity index (χ2v) is 8.80. The van der Waals surface area contributed by atoms with Gasteiger partial charge in [0, 0.05) is 13.1 Å². The number of aryl methyl sites for hydroxylation is 1. The van der Waals surface area contributed by atoms with E-state index in [9.17, 15) is 13.2 Å². The summed E-state index contributed by atoms with van der Waals surface area (Å²) in [6, 6.07) is 1.59. The van der Waals surface area contributed by atoms with Crippen molar-refractivity contribution in [2.24, 2.45) is 0 Å². The Kier molecular flexibility index (Phi) is 4.65. The second kappa shape index (κ2) is 5.90. The fraction of sp³-hybridized carbons (Fsp3) is 0.545. The van der Waals surface area contributed by atoms with Crippen LogP contribution in [0.15, 0.2) is 14.1 Å². The summed E-state index contributed by atoms with van der Waals surface area (Å²) in [6.45, 7) is 3.11. The zero-order valence-corrected chi connectivity index (χ0v) is 13.7. The summed E-state index contributed by atoms with van der Waals surface area (Å²) in [4.78, 5) is 13.5. The van der Waals surface area contributed by atoms with Crippen LogP contribution in [0.1, 0.15) is 18.4 Å². The third-order valence-electron chi connectivity index (χ3n) is 2.97. The van der Waals surface area contributed by atoms with Crippen LogP contribution in [0.2, 0.25) is 0 Å². The van der Waals surface area contributed by atoms with Crippen molar-refractivity contribution >= 4 is 43.2 Å². The van der Waals surface area contributed by atoms with Crippen molar-refractivity contribution in [2.45, 2.75) is 24.0 Å². The lowest BCUT2D eigenvalue weighted by atomic mass is 10.4. The van der Waals surface area contributed by atoms with E-state index in [-0.39, 0.29) is 16.7 Å². The monoisotopic (exact) mass is 366 g/mol. The number of nitrogens with zero attached hydrogens (tertiary/aromatic N) is 1. The van der Waals surface area contributed by atoms with Crippen molar-refractivity contribution < 1.29 is 13.2 Å². The number of carbonyl (C=O) groups is 1. The van der Waals surface area contributed by atoms with E-state index in [0.29, 0.717) is 0 Å². The Balaban J connectivity index is 1.99. The number of likely N-dealkylation sites (tertiary alicyclic amines) is 1. The Morgan fingerprint density at radius 3 is 2.63 bits per heavy atom. The van der Waals surface area contributed by atoms with E-state index in [2.05, 4.69) is 20.7 Å². The Morgan fingerprint density at radius 2 is 2.11 bits per heavy atom. The standard InChI is InChI=1S/C11H15BrN2O3S2/c1-8-6-10(18-11(8)12)19(16,17)13-7-9(15)14-4-2-3-5-14/h6,13H,2-5,7H2,1H3. The molecule has 0 aromatic carbocycles. The fourth-order valence-electron chi connectivity index (χ4n) is 1.87. The smallest absolute Gasteiger partial charge is 0.250 e. The molecule has 1 aliphatic rings. The van der Waals surface area contributed by atoms with E-state index in [1.54, 1.807) is 11.0 Å². The summed E-state index contributed by atoms with van der Waals surface area (Å²) in [7, 11) is -3.60. The van der Waals surface area contributed by atoms with Gasteiger partial charge in [-0.15, -0.1) is 11.3 Å². The van der Waals surface area contributed by atoms with Gasteiger partial charge in [0.05, 0.1) is 10.3 Å². The normalized spacial score (nSPS) is 16.0. The molecular weight excluding hydrogens is 352 g/mol. The first kappa shape index (κ1) is 15.0. The maximum atomic E-state index is 12.0. The summed E-state index contributed by atoms with van der Waals surface area (Å²) >= 11 is 4.44. The number of halogens is 1. The van der Waals surface area contributed by atoms with Crippen LogP contribution in [-0.2, 0) is 14.8 Å². The van der Waals surface area contributed by atoms with Crippen LogP contribution < -0.4 is 4.72 Å². The highest BCUT2D eigenvalue weighted by Gasteiger charge is 2.22. The van der Waals surface area contributed by atoms with E-state index in [0.717, 1.165) is 46.6 Å². The first-order valence-electron chi connectivity index (χ1n) is 5.93. The Labute approximate surface area is 125 Å². The molecule has 19 heavy (non-hydrogen) atoms. The molecule has 0 atom stereocenters. The molecule has 8 heteroatoms. The van der Waals surface area contributed by atoms with E-state index in [1.165, 1.54) is 0 Å². The van der Waals surface area contributed by atoms with E-state index in [1.807, 2.05) is 6.92 Å². The van der Waals surface area contributed by atoms with Gasteiger partial charge in [0.15, 0.2) is 0 Å². The first-order valence-corrected chi connectivity index (χ1v) is 9.03. The molecule has 1 aromatic rings. The van der Waals surface area contributed by atoms with E-state index >= 15 is 0 Å². The van der Waals surface area contributed by atoms with E-state index in [4.69, 9.17) is 0 Å². The quantitative estimate of drug-likeness (QED) is 0.881. The Hall–Kier alpha value is -0.440. The molecule has 2 rings (SSSR count). The highest BCUT2D eigenvalue weighted by atomic mass is 79.9. The van der Waals surface area contributed by atoms with Crippen LogP contribution >= 0.6 is 27.3 Å². The van der Waals surface area contributed by atoms with Crippen LogP contribution in [0, 0.1) is 6.92 Å². The van der Waals surface area contributed by atoms with Crippen LogP contribution in [0.5, 0.6) is 0 Å². The third-order valence-corrected chi connectivity index (χ3v) is 6.98. The van der Waals surface area contributed by atoms with E-state index < -0.39 is 10.0 Å². The van der Waals surface area contributed by atoms with Gasteiger partial charge in [-0.25, -0.2) is 13.1 Å². The van der Waals surface area contributed by atoms with Crippen LogP contribution in [-0.4, -0.2) is 38.9 Å². The fourth-order valence-corrected chi connectivity index (χ4v) is 5.12. The zero-order valence-electron chi connectivity index (χ0n) is 10.5. The molecule has 1 aromatic heterocycles. The molecule has 1 saturated heterocycles. The van der Waals surface area contributed by atoms with Crippen molar-refractivity contribution in [3.05, 3.63) is 15.4 Å². The molecule has 5 nitrogen and oxygen atoms in total. The number of hydrogen-bond acceptors (Lipinski definition) is 4. The summed E-state index contributed by atoms with van der Waals surface area (Å²) in [5, 5.41) is 0. The molecule has 1 N–H and O–H groups in total. The van der Waals surface area contributed by atoms with Crippen molar-refractivity contribution in [3.8, 4) is 0 Å². The number of hydrogen-bond donors (Lipinski definition) is 1. The van der Waals surface area contributed by atoms with Gasteiger partial charge >= 0.3 is 0 Å². The summed E-state index contributed by atoms with van der Waals surface area (Å²) in [5.41, 5.74) is 0.872. The number of thiophene rings is 1. The molecule has 0 radical (unpaired) electrons. The Bertz CT molecular complexity index is 557. The first-order chi connectivity index (χ1) is 8.90. The number of rotatable bonds is 4. The minimum atomic E-state index is -3.60. The molecule has 1 aliphatic heterocycles. The largest absolute Gasteiger partial charge is 0.342 e. The lowest BCUT2D eigenvalue weighted by Crippen LogP contribution is -2.38. The molecule has 0 bridgehead atoms. The minimum Gasteiger partial charge on any atom is -0.342 e. The number of sulfonamides is 1. The van der Waals surface area contributed by atoms with Gasteiger partial charge < -0.3 is 4.90 Å². The van der Waals surface area contributed by atoms with Gasteiger partial charge in [-0.3, -0.25) is 4.79 Å². The number of nitrogens with one attached hydrogen (secondary N) is 1. The van der Waals surface area contributed by atoms with Crippen LogP contribution in [0.3, 0.4) is 0 Å². The lowest BCUT2D eigenvalue weighted by Gasteiger charge is -2.15. The average molecular weight is 367 g/mol. The molecule has 1 amide bonds. The van der Waals surface area contributed by atoms with Crippen molar-refractivity contribution in [3.63, 3.8) is 0 Å². The lowest BCUT2D eigenvalue weighted by molar-refractivity contribution is -0.128. The molecule has 0 aliphatic carbocycles. The van der Waals surface area contributed by atoms with Crippen molar-refractivity contribution in [2.75, 3.05) is 19.6 Å². The molecule has 2 heterocycles. The third kappa shape index (κ3) is 3.56. The maximum Gasteiger partial charge on any atom is 0.250 e. The van der Waals surface area contributed by atoms with Gasteiger partial charge in [0.25, 0.3) is 10.0 Å². The highest BCUT2D eigenvalue weighted by Crippen LogP contribution is 2.30. The maximum absolute atomic E-state index is 12.0. The Morgan fingerprint density at radius 1 is 1.47 bits per heavy atom. The average Bonchev–Trinajstić information content (AvgIpc) is 2.98. The summed E-state index contributed by atoms with van der Waals surface area (Å²) in [5.74, 6) is -0.159. The topological polar surface area (TPSA) is 66.5 Å². The van der Waals surface area contributed by atoms with Gasteiger partial charge in [0.2, 0.25) is 5.91 Å². The predicted molar refractivity (Wildman–Crippen MR) is 77.8 cm³/mol. The van der Waals surface area contributed by atoms with Crippen LogP contribution in [0.25, 0.3) is 0 Å². The molecule has 1 fully saturated rings. The summed E-state index contributed by atoms with van der Waals surface area (Å²) in [6.07, 6.45) is 1.99. The second-order valence-electron chi connectivity index (χ2n) is 4.43. The van der Waals surface area contributed by atoms with Gasteiger partial charge in [-0.1, -0.05) is 0 Å². The predicted octanol–water partition coefficient (Wildman–Crippen LogP) is 1.72. The molecule has 106 valence electrons. The van der Waals surface area contributed by atoms with Gasteiger partial charge in [-0.2, -0.15) is 0 Å².